The van der Waals surface area contributed by atoms with Gasteiger partial charge in [-0.25, -0.2) is 9.98 Å². The van der Waals surface area contributed by atoms with Crippen molar-refractivity contribution in [3.05, 3.63) is 169 Å². The van der Waals surface area contributed by atoms with E-state index in [1.54, 1.807) is 12.4 Å². The fourth-order valence-electron chi connectivity index (χ4n) is 5.10. The molecule has 7 rings (SSSR count). The highest BCUT2D eigenvalue weighted by molar-refractivity contribution is 6.23. The number of benzene rings is 4. The molecule has 3 heterocycles. The van der Waals surface area contributed by atoms with Crippen LogP contribution in [0.3, 0.4) is 0 Å². The van der Waals surface area contributed by atoms with Gasteiger partial charge in [0.15, 0.2) is 0 Å². The summed E-state index contributed by atoms with van der Waals surface area (Å²) in [5, 5.41) is 0. The summed E-state index contributed by atoms with van der Waals surface area (Å²) in [6.07, 6.45) is 7.23. The molecule has 6 nitrogen and oxygen atoms in total. The molecule has 0 saturated heterocycles. The Hall–Kier alpha value is -5.88. The van der Waals surface area contributed by atoms with Crippen molar-refractivity contribution in [3.8, 4) is 0 Å². The molecule has 0 amide bonds. The first-order chi connectivity index (χ1) is 20.9. The first-order valence-corrected chi connectivity index (χ1v) is 13.7. The molecule has 2 aromatic heterocycles. The third-order valence-electron chi connectivity index (χ3n) is 7.01. The van der Waals surface area contributed by atoms with Crippen LogP contribution >= 0.6 is 0 Å². The van der Waals surface area contributed by atoms with Gasteiger partial charge < -0.3 is 0 Å². The molecule has 0 fully saturated rings. The van der Waals surface area contributed by atoms with E-state index < -0.39 is 0 Å². The molecule has 1 aliphatic heterocycles. The number of pyridine rings is 2. The van der Waals surface area contributed by atoms with Crippen molar-refractivity contribution < 1.29 is 0 Å². The van der Waals surface area contributed by atoms with Gasteiger partial charge in [0, 0.05) is 47.5 Å². The largest absolute Gasteiger partial charge is 0.294 e. The molecule has 200 valence electrons. The molecule has 6 heteroatoms. The summed E-state index contributed by atoms with van der Waals surface area (Å²) >= 11 is 0. The maximum atomic E-state index is 5.37. The van der Waals surface area contributed by atoms with Crippen LogP contribution in [0, 0.1) is 0 Å². The van der Waals surface area contributed by atoms with Gasteiger partial charge in [0.2, 0.25) is 0 Å². The number of hydrogen-bond acceptors (Lipinski definition) is 6. The molecule has 0 saturated carbocycles. The molecule has 0 bridgehead atoms. The zero-order valence-corrected chi connectivity index (χ0v) is 22.7. The quantitative estimate of drug-likeness (QED) is 0.224. The van der Waals surface area contributed by atoms with Crippen LogP contribution in [0.1, 0.15) is 11.1 Å². The second-order valence-electron chi connectivity index (χ2n) is 9.67. The fourth-order valence-corrected chi connectivity index (χ4v) is 5.10. The second kappa shape index (κ2) is 11.3. The maximum absolute atomic E-state index is 5.37. The van der Waals surface area contributed by atoms with Gasteiger partial charge in [-0.15, -0.1) is 0 Å². The van der Waals surface area contributed by atoms with E-state index in [1.165, 1.54) is 0 Å². The zero-order chi connectivity index (χ0) is 28.1. The van der Waals surface area contributed by atoms with Gasteiger partial charge >= 0.3 is 0 Å². The predicted octanol–water partition coefficient (Wildman–Crippen LogP) is 8.62. The van der Waals surface area contributed by atoms with Gasteiger partial charge in [-0.2, -0.15) is 0 Å². The first-order valence-electron chi connectivity index (χ1n) is 13.7. The molecule has 0 aliphatic carbocycles. The summed E-state index contributed by atoms with van der Waals surface area (Å²) in [5.41, 5.74) is 7.04. The number of fused-ring (bicyclic) bond motifs is 2. The molecule has 0 spiro atoms. The minimum absolute atomic E-state index is 0.719. The van der Waals surface area contributed by atoms with Gasteiger partial charge in [0.1, 0.15) is 11.7 Å². The second-order valence-corrected chi connectivity index (χ2v) is 9.67. The van der Waals surface area contributed by atoms with Crippen LogP contribution in [0.2, 0.25) is 0 Å². The van der Waals surface area contributed by atoms with Gasteiger partial charge in [-0.1, -0.05) is 72.8 Å². The summed E-state index contributed by atoms with van der Waals surface area (Å²) in [5.74, 6) is 1.44. The van der Waals surface area contributed by atoms with Gasteiger partial charge in [-0.05, 0) is 60.7 Å². The standard InChI is InChI=1S/C36H26N6/c1-5-13-27(14-6-1)41(28-15-7-2-8-16-28)35-31-25-37-23-21-33(31)40-36(32-26-38-24-22-34(32)39-35)42(29-17-9-3-10-18-29)30-19-11-4-12-20-30/h1-26H. The molecule has 0 unspecified atom stereocenters. The van der Waals surface area contributed by atoms with E-state index in [4.69, 9.17) is 9.98 Å². The normalized spacial score (nSPS) is 12.1. The lowest BCUT2D eigenvalue weighted by Crippen LogP contribution is -2.30. The third-order valence-corrected chi connectivity index (χ3v) is 7.01. The number of aliphatic imine (C=N–C) groups is 2. The van der Waals surface area contributed by atoms with Crippen molar-refractivity contribution >= 4 is 45.8 Å². The summed E-state index contributed by atoms with van der Waals surface area (Å²) in [7, 11) is 0. The van der Waals surface area contributed by atoms with Crippen molar-refractivity contribution in [2.24, 2.45) is 9.98 Å². The minimum atomic E-state index is 0.719. The van der Waals surface area contributed by atoms with Crippen molar-refractivity contribution in [2.45, 2.75) is 0 Å². The van der Waals surface area contributed by atoms with E-state index in [0.717, 1.165) is 56.9 Å². The highest BCUT2D eigenvalue weighted by atomic mass is 15.2. The number of hydrogen-bond donors (Lipinski definition) is 0. The van der Waals surface area contributed by atoms with E-state index in [2.05, 4.69) is 68.3 Å². The van der Waals surface area contributed by atoms with Crippen LogP contribution in [0.4, 0.5) is 34.1 Å². The molecule has 4 aromatic carbocycles. The lowest BCUT2D eigenvalue weighted by atomic mass is 10.1. The average molecular weight is 543 g/mol. The van der Waals surface area contributed by atoms with Gasteiger partial charge in [-0.3, -0.25) is 19.8 Å². The summed E-state index contributed by atoms with van der Waals surface area (Å²) in [4.78, 5) is 24.1. The monoisotopic (exact) mass is 542 g/mol. The van der Waals surface area contributed by atoms with Gasteiger partial charge in [0.25, 0.3) is 0 Å². The first kappa shape index (κ1) is 25.1. The highest BCUT2D eigenvalue weighted by Crippen LogP contribution is 2.37. The Morgan fingerprint density at radius 1 is 0.357 bits per heavy atom. The lowest BCUT2D eigenvalue weighted by Gasteiger charge is -2.31. The number of nitrogens with zero attached hydrogens (tertiary/aromatic N) is 6. The smallest absolute Gasteiger partial charge is 0.149 e. The van der Waals surface area contributed by atoms with E-state index in [1.807, 2.05) is 97.3 Å². The molecule has 1 aliphatic rings. The average Bonchev–Trinajstić information content (AvgIpc) is 3.06. The number of para-hydroxylation sites is 4. The lowest BCUT2D eigenvalue weighted by molar-refractivity contribution is 1.21. The Balaban J connectivity index is 1.51. The Bertz CT molecular complexity index is 1650. The Morgan fingerprint density at radius 2 is 0.667 bits per heavy atom. The molecule has 0 atom stereocenters. The van der Waals surface area contributed by atoms with Crippen LogP contribution in [-0.2, 0) is 0 Å². The molecule has 0 radical (unpaired) electrons. The minimum Gasteiger partial charge on any atom is -0.294 e. The van der Waals surface area contributed by atoms with Crippen molar-refractivity contribution in [1.82, 2.24) is 9.97 Å². The molecule has 42 heavy (non-hydrogen) atoms. The number of aromatic nitrogens is 2. The molecular weight excluding hydrogens is 516 g/mol. The van der Waals surface area contributed by atoms with Crippen LogP contribution in [0.5, 0.6) is 0 Å². The van der Waals surface area contributed by atoms with Gasteiger partial charge in [0.05, 0.1) is 22.5 Å². The van der Waals surface area contributed by atoms with E-state index in [-0.39, 0.29) is 0 Å². The highest BCUT2D eigenvalue weighted by Gasteiger charge is 2.27. The van der Waals surface area contributed by atoms with Crippen molar-refractivity contribution in [2.75, 3.05) is 9.80 Å². The molecular formula is C36H26N6. The SMILES string of the molecule is c1ccc(N(C2=Nc3ccncc3C(N(c3ccccc3)c3ccccc3)=Nc3ccncc32)c2ccccc2)cc1. The third kappa shape index (κ3) is 4.82. The van der Waals surface area contributed by atoms with E-state index >= 15 is 0 Å². The van der Waals surface area contributed by atoms with E-state index in [0.29, 0.717) is 0 Å². The summed E-state index contributed by atoms with van der Waals surface area (Å²) < 4.78 is 0. The molecule has 6 aromatic rings. The molecule has 0 N–H and O–H groups in total. The van der Waals surface area contributed by atoms with Crippen LogP contribution in [0.25, 0.3) is 0 Å². The number of anilines is 4. The van der Waals surface area contributed by atoms with Crippen molar-refractivity contribution in [3.63, 3.8) is 0 Å². The number of amidine groups is 2. The van der Waals surface area contributed by atoms with Crippen LogP contribution in [-0.4, -0.2) is 21.6 Å². The predicted molar refractivity (Wildman–Crippen MR) is 171 cm³/mol. The number of rotatable bonds is 4. The van der Waals surface area contributed by atoms with Crippen LogP contribution in [0.15, 0.2) is 168 Å². The van der Waals surface area contributed by atoms with E-state index in [9.17, 15) is 0 Å². The van der Waals surface area contributed by atoms with Crippen LogP contribution < -0.4 is 9.80 Å². The van der Waals surface area contributed by atoms with Crippen molar-refractivity contribution in [1.29, 1.82) is 0 Å². The summed E-state index contributed by atoms with van der Waals surface area (Å²) in [6.45, 7) is 0. The maximum Gasteiger partial charge on any atom is 0.149 e. The fraction of sp³-hybridized carbons (Fsp3) is 0. The Labute approximate surface area is 244 Å². The Morgan fingerprint density at radius 3 is 0.976 bits per heavy atom. The topological polar surface area (TPSA) is 57.0 Å². The zero-order valence-electron chi connectivity index (χ0n) is 22.7. The Kier molecular flexibility index (Phi) is 6.76. The summed E-state index contributed by atoms with van der Waals surface area (Å²) in [6, 6.07) is 44.9.